The molecule has 0 nitrogen and oxygen atoms in total. The Morgan fingerprint density at radius 2 is 1.12 bits per heavy atom. The van der Waals surface area contributed by atoms with Crippen molar-refractivity contribution in [2.75, 3.05) is 0 Å². The molecule has 0 saturated heterocycles. The summed E-state index contributed by atoms with van der Waals surface area (Å²) in [6.07, 6.45) is 14.2. The smallest absolute Gasteiger partial charge is 0.0110 e. The minimum atomic E-state index is 0.922. The van der Waals surface area contributed by atoms with Crippen molar-refractivity contribution in [3.05, 3.63) is 0 Å². The van der Waals surface area contributed by atoms with Crippen LogP contribution in [-0.2, 0) is 0 Å². The molecule has 0 aliphatic heterocycles. The lowest BCUT2D eigenvalue weighted by molar-refractivity contribution is 0.580. The van der Waals surface area contributed by atoms with Crippen LogP contribution in [0.2, 0.25) is 0 Å². The molecule has 0 heterocycles. The molecule has 0 aromatic carbocycles. The molecule has 0 N–H and O–H groups in total. The average molecular weight is 450 g/mol. The Morgan fingerprint density at radius 3 is 1.62 bits per heavy atom. The van der Waals surface area contributed by atoms with Crippen molar-refractivity contribution in [3.63, 3.8) is 0 Å². The van der Waals surface area contributed by atoms with E-state index in [0.717, 1.165) is 7.85 Å². The summed E-state index contributed by atoms with van der Waals surface area (Å²) >= 11 is 5.31. The van der Waals surface area contributed by atoms with Gasteiger partial charge in [0.15, 0.2) is 0 Å². The summed E-state index contributed by atoms with van der Waals surface area (Å²) in [6.45, 7) is 4.58. The van der Waals surface area contributed by atoms with Gasteiger partial charge in [0.25, 0.3) is 0 Å². The van der Waals surface area contributed by atoms with E-state index in [0.29, 0.717) is 0 Å². The van der Waals surface area contributed by atoms with E-state index >= 15 is 0 Å². The summed E-state index contributed by atoms with van der Waals surface area (Å²) in [7, 11) is 0. The first-order chi connectivity index (χ1) is 7.70. The van der Waals surface area contributed by atoms with Crippen molar-refractivity contribution in [2.24, 2.45) is 0 Å². The SMILES string of the molecule is CCCCCCC(I)CCC(I)CCCC. The van der Waals surface area contributed by atoms with Gasteiger partial charge in [-0.3, -0.25) is 0 Å². The van der Waals surface area contributed by atoms with Gasteiger partial charge < -0.3 is 0 Å². The molecule has 2 atom stereocenters. The van der Waals surface area contributed by atoms with Gasteiger partial charge in [-0.05, 0) is 25.7 Å². The van der Waals surface area contributed by atoms with Crippen molar-refractivity contribution in [3.8, 4) is 0 Å². The van der Waals surface area contributed by atoms with E-state index in [9.17, 15) is 0 Å². The lowest BCUT2D eigenvalue weighted by Gasteiger charge is -2.13. The van der Waals surface area contributed by atoms with Gasteiger partial charge in [-0.1, -0.05) is 97.6 Å². The van der Waals surface area contributed by atoms with Crippen molar-refractivity contribution >= 4 is 45.2 Å². The summed E-state index contributed by atoms with van der Waals surface area (Å²) in [5, 5.41) is 0. The van der Waals surface area contributed by atoms with Crippen molar-refractivity contribution in [2.45, 2.75) is 85.9 Å². The largest absolute Gasteiger partial charge is 0.0826 e. The summed E-state index contributed by atoms with van der Waals surface area (Å²) in [6, 6.07) is 0. The van der Waals surface area contributed by atoms with Gasteiger partial charge in [0, 0.05) is 7.85 Å². The monoisotopic (exact) mass is 450 g/mol. The number of hydrogen-bond acceptors (Lipinski definition) is 0. The highest BCUT2D eigenvalue weighted by Gasteiger charge is 2.08. The van der Waals surface area contributed by atoms with E-state index in [1.54, 1.807) is 0 Å². The van der Waals surface area contributed by atoms with E-state index < -0.39 is 0 Å². The summed E-state index contributed by atoms with van der Waals surface area (Å²) in [5.41, 5.74) is 0. The topological polar surface area (TPSA) is 0 Å². The Morgan fingerprint density at radius 1 is 0.625 bits per heavy atom. The minimum absolute atomic E-state index is 0.922. The first-order valence-corrected chi connectivity index (χ1v) is 9.47. The second-order valence-corrected chi connectivity index (χ2v) is 8.29. The van der Waals surface area contributed by atoms with Gasteiger partial charge in [-0.25, -0.2) is 0 Å². The fourth-order valence-electron chi connectivity index (χ4n) is 1.87. The van der Waals surface area contributed by atoms with Crippen molar-refractivity contribution in [1.82, 2.24) is 0 Å². The Balaban J connectivity index is 3.31. The van der Waals surface area contributed by atoms with Crippen LogP contribution in [0.1, 0.15) is 78.1 Å². The van der Waals surface area contributed by atoms with Gasteiger partial charge in [-0.2, -0.15) is 0 Å². The third kappa shape index (κ3) is 11.9. The van der Waals surface area contributed by atoms with Gasteiger partial charge in [0.2, 0.25) is 0 Å². The maximum Gasteiger partial charge on any atom is 0.0110 e. The summed E-state index contributed by atoms with van der Waals surface area (Å²) < 4.78 is 1.85. The van der Waals surface area contributed by atoms with Crippen molar-refractivity contribution < 1.29 is 0 Å². The summed E-state index contributed by atoms with van der Waals surface area (Å²) in [5.74, 6) is 0. The average Bonchev–Trinajstić information content (AvgIpc) is 2.29. The molecular weight excluding hydrogens is 422 g/mol. The highest BCUT2D eigenvalue weighted by atomic mass is 127. The number of hydrogen-bond donors (Lipinski definition) is 0. The van der Waals surface area contributed by atoms with Crippen LogP contribution < -0.4 is 0 Å². The number of unbranched alkanes of at least 4 members (excludes halogenated alkanes) is 4. The van der Waals surface area contributed by atoms with E-state index in [2.05, 4.69) is 59.0 Å². The lowest BCUT2D eigenvalue weighted by Crippen LogP contribution is -2.04. The first kappa shape index (κ1) is 17.5. The Bertz CT molecular complexity index is 137. The molecule has 16 heavy (non-hydrogen) atoms. The second-order valence-electron chi connectivity index (χ2n) is 4.76. The third-order valence-corrected chi connectivity index (χ3v) is 5.53. The van der Waals surface area contributed by atoms with E-state index in [-0.39, 0.29) is 0 Å². The van der Waals surface area contributed by atoms with Crippen LogP contribution in [-0.4, -0.2) is 7.85 Å². The maximum absolute atomic E-state index is 2.66. The molecule has 0 bridgehead atoms. The highest BCUT2D eigenvalue weighted by Crippen LogP contribution is 2.23. The number of rotatable bonds is 11. The standard InChI is InChI=1S/C14H28I2/c1-3-5-7-8-10-14(16)12-11-13(15)9-6-4-2/h13-14H,3-12H2,1-2H3. The first-order valence-electron chi connectivity index (χ1n) is 6.98. The number of alkyl halides is 2. The molecule has 0 aliphatic carbocycles. The van der Waals surface area contributed by atoms with Crippen LogP contribution in [0.25, 0.3) is 0 Å². The molecule has 98 valence electrons. The molecule has 0 amide bonds. The molecule has 0 aliphatic rings. The van der Waals surface area contributed by atoms with E-state index in [4.69, 9.17) is 0 Å². The van der Waals surface area contributed by atoms with Gasteiger partial charge in [0.1, 0.15) is 0 Å². The van der Waals surface area contributed by atoms with Gasteiger partial charge >= 0.3 is 0 Å². The Labute approximate surface area is 130 Å². The normalized spacial score (nSPS) is 15.0. The quantitative estimate of drug-likeness (QED) is 0.191. The second kappa shape index (κ2) is 12.9. The van der Waals surface area contributed by atoms with Crippen LogP contribution in [0.3, 0.4) is 0 Å². The van der Waals surface area contributed by atoms with E-state index in [1.165, 1.54) is 64.2 Å². The molecule has 0 rings (SSSR count). The molecule has 0 aromatic heterocycles. The zero-order valence-corrected chi connectivity index (χ0v) is 15.3. The molecule has 0 fully saturated rings. The molecule has 0 saturated carbocycles. The molecule has 2 unspecified atom stereocenters. The fourth-order valence-corrected chi connectivity index (χ4v) is 3.47. The fraction of sp³-hybridized carbons (Fsp3) is 1.00. The minimum Gasteiger partial charge on any atom is -0.0826 e. The number of halogens is 2. The van der Waals surface area contributed by atoms with E-state index in [1.807, 2.05) is 0 Å². The predicted octanol–water partition coefficient (Wildman–Crippen LogP) is 6.53. The maximum atomic E-state index is 2.66. The highest BCUT2D eigenvalue weighted by molar-refractivity contribution is 14.1. The zero-order valence-electron chi connectivity index (χ0n) is 11.0. The predicted molar refractivity (Wildman–Crippen MR) is 93.1 cm³/mol. The Kier molecular flexibility index (Phi) is 14.1. The molecule has 0 spiro atoms. The molecular formula is C14H28I2. The lowest BCUT2D eigenvalue weighted by atomic mass is 10.1. The van der Waals surface area contributed by atoms with Gasteiger partial charge in [0.05, 0.1) is 0 Å². The Hall–Kier alpha value is 1.46. The molecule has 0 radical (unpaired) electrons. The molecule has 2 heteroatoms. The van der Waals surface area contributed by atoms with Crippen LogP contribution in [0.5, 0.6) is 0 Å². The third-order valence-electron chi connectivity index (χ3n) is 3.03. The zero-order chi connectivity index (χ0) is 12.2. The van der Waals surface area contributed by atoms with Crippen LogP contribution >= 0.6 is 45.2 Å². The molecule has 0 aromatic rings. The van der Waals surface area contributed by atoms with Crippen LogP contribution in [0.15, 0.2) is 0 Å². The van der Waals surface area contributed by atoms with Gasteiger partial charge in [-0.15, -0.1) is 0 Å². The van der Waals surface area contributed by atoms with Crippen LogP contribution in [0.4, 0.5) is 0 Å². The van der Waals surface area contributed by atoms with Crippen LogP contribution in [0, 0.1) is 0 Å². The van der Waals surface area contributed by atoms with Crippen molar-refractivity contribution in [1.29, 1.82) is 0 Å². The summed E-state index contributed by atoms with van der Waals surface area (Å²) in [4.78, 5) is 0.